The van der Waals surface area contributed by atoms with Crippen molar-refractivity contribution in [2.45, 2.75) is 13.5 Å². The highest BCUT2D eigenvalue weighted by Gasteiger charge is 2.14. The molecule has 0 aliphatic heterocycles. The largest absolute Gasteiger partial charge is 0.326 e. The van der Waals surface area contributed by atoms with Crippen molar-refractivity contribution >= 4 is 34.4 Å². The van der Waals surface area contributed by atoms with E-state index in [4.69, 9.17) is 5.73 Å². The van der Waals surface area contributed by atoms with Crippen molar-refractivity contribution in [2.24, 2.45) is 5.73 Å². The average Bonchev–Trinajstić information content (AvgIpc) is 3.12. The van der Waals surface area contributed by atoms with E-state index in [-0.39, 0.29) is 17.5 Å². The second kappa shape index (κ2) is 7.46. The van der Waals surface area contributed by atoms with E-state index < -0.39 is 5.82 Å². The van der Waals surface area contributed by atoms with Gasteiger partial charge in [0, 0.05) is 11.9 Å². The highest BCUT2D eigenvalue weighted by atomic mass is 32.1. The summed E-state index contributed by atoms with van der Waals surface area (Å²) in [4.78, 5) is 22.3. The van der Waals surface area contributed by atoms with Gasteiger partial charge >= 0.3 is 0 Å². The van der Waals surface area contributed by atoms with E-state index in [0.29, 0.717) is 17.0 Å². The summed E-state index contributed by atoms with van der Waals surface area (Å²) in [5.41, 5.74) is 8.16. The van der Waals surface area contributed by atoms with E-state index >= 15 is 0 Å². The lowest BCUT2D eigenvalue weighted by Gasteiger charge is -2.14. The van der Waals surface area contributed by atoms with Crippen LogP contribution in [0, 0.1) is 12.7 Å². The Kier molecular flexibility index (Phi) is 4.85. The Labute approximate surface area is 164 Å². The Morgan fingerprint density at radius 3 is 2.75 bits per heavy atom. The van der Waals surface area contributed by atoms with Crippen molar-refractivity contribution in [3.8, 4) is 5.69 Å². The van der Waals surface area contributed by atoms with Crippen molar-refractivity contribution in [3.63, 3.8) is 0 Å². The molecule has 4 aromatic rings. The molecule has 2 aromatic heterocycles. The summed E-state index contributed by atoms with van der Waals surface area (Å²) >= 11 is 1.54. The first kappa shape index (κ1) is 18.2. The molecule has 0 aliphatic rings. The zero-order valence-electron chi connectivity index (χ0n) is 15.1. The standard InChI is InChI=1S/C21H17FN4OS/c1-13-24-16(12-28-13)7-9-20-25-18-8-6-15(22)10-17(18)21(27)26(20)19-5-3-2-4-14(19)11-23/h2-10,12H,11,23H2,1H3. The second-order valence-corrected chi connectivity index (χ2v) is 7.29. The Morgan fingerprint density at radius 1 is 1.18 bits per heavy atom. The molecule has 0 spiro atoms. The number of aromatic nitrogens is 3. The van der Waals surface area contributed by atoms with Gasteiger partial charge in [0.1, 0.15) is 11.6 Å². The molecule has 4 rings (SSSR count). The van der Waals surface area contributed by atoms with Crippen LogP contribution in [-0.4, -0.2) is 14.5 Å². The van der Waals surface area contributed by atoms with E-state index in [1.54, 1.807) is 23.5 Å². The number of thiazole rings is 1. The van der Waals surface area contributed by atoms with Crippen LogP contribution >= 0.6 is 11.3 Å². The van der Waals surface area contributed by atoms with Gasteiger partial charge in [0.15, 0.2) is 0 Å². The molecule has 0 bridgehead atoms. The van der Waals surface area contributed by atoms with Crippen LogP contribution in [0.2, 0.25) is 0 Å². The van der Waals surface area contributed by atoms with E-state index in [1.807, 2.05) is 36.6 Å². The summed E-state index contributed by atoms with van der Waals surface area (Å²) in [5, 5.41) is 3.10. The van der Waals surface area contributed by atoms with E-state index in [1.165, 1.54) is 22.8 Å². The normalized spacial score (nSPS) is 11.5. The Bertz CT molecular complexity index is 1260. The van der Waals surface area contributed by atoms with Crippen LogP contribution in [0.25, 0.3) is 28.7 Å². The Balaban J connectivity index is 2.00. The number of hydrogen-bond acceptors (Lipinski definition) is 5. The molecule has 0 fully saturated rings. The minimum Gasteiger partial charge on any atom is -0.326 e. The second-order valence-electron chi connectivity index (χ2n) is 6.23. The maximum absolute atomic E-state index is 13.8. The molecule has 2 aromatic carbocycles. The molecule has 0 radical (unpaired) electrons. The number of halogens is 1. The number of hydrogen-bond donors (Lipinski definition) is 1. The molecule has 0 unspecified atom stereocenters. The highest BCUT2D eigenvalue weighted by molar-refractivity contribution is 7.09. The van der Waals surface area contributed by atoms with Gasteiger partial charge in [-0.2, -0.15) is 0 Å². The molecule has 5 nitrogen and oxygen atoms in total. The third-order valence-corrected chi connectivity index (χ3v) is 5.14. The van der Waals surface area contributed by atoms with Crippen molar-refractivity contribution in [3.05, 3.63) is 86.1 Å². The summed E-state index contributed by atoms with van der Waals surface area (Å²) in [6.07, 6.45) is 3.55. The van der Waals surface area contributed by atoms with Crippen molar-refractivity contribution in [1.29, 1.82) is 0 Å². The maximum atomic E-state index is 13.8. The summed E-state index contributed by atoms with van der Waals surface area (Å²) in [7, 11) is 0. The third kappa shape index (κ3) is 3.37. The number of benzene rings is 2. The fourth-order valence-electron chi connectivity index (χ4n) is 3.04. The van der Waals surface area contributed by atoms with Crippen molar-refractivity contribution in [2.75, 3.05) is 0 Å². The molecule has 28 heavy (non-hydrogen) atoms. The summed E-state index contributed by atoms with van der Waals surface area (Å²) in [5.74, 6) is -0.0537. The molecule has 0 amide bonds. The van der Waals surface area contributed by atoms with Gasteiger partial charge in [-0.25, -0.2) is 14.4 Å². The van der Waals surface area contributed by atoms with Gasteiger partial charge < -0.3 is 5.73 Å². The van der Waals surface area contributed by atoms with Crippen LogP contribution in [-0.2, 0) is 6.54 Å². The lowest BCUT2D eigenvalue weighted by Crippen LogP contribution is -2.24. The topological polar surface area (TPSA) is 73.8 Å². The number of fused-ring (bicyclic) bond motifs is 1. The van der Waals surface area contributed by atoms with Crippen LogP contribution in [0.4, 0.5) is 4.39 Å². The maximum Gasteiger partial charge on any atom is 0.266 e. The summed E-state index contributed by atoms with van der Waals surface area (Å²) in [6, 6.07) is 11.4. The molecule has 0 atom stereocenters. The molecular formula is C21H17FN4OS. The fourth-order valence-corrected chi connectivity index (χ4v) is 3.62. The van der Waals surface area contributed by atoms with Gasteiger partial charge in [-0.3, -0.25) is 9.36 Å². The van der Waals surface area contributed by atoms with Gasteiger partial charge in [-0.1, -0.05) is 18.2 Å². The van der Waals surface area contributed by atoms with Gasteiger partial charge in [-0.05, 0) is 48.9 Å². The van der Waals surface area contributed by atoms with Crippen LogP contribution in [0.3, 0.4) is 0 Å². The highest BCUT2D eigenvalue weighted by Crippen LogP contribution is 2.19. The smallest absolute Gasteiger partial charge is 0.266 e. The SMILES string of the molecule is Cc1nc(C=Cc2nc3ccc(F)cc3c(=O)n2-c2ccccc2CN)cs1. The fraction of sp³-hybridized carbons (Fsp3) is 0.0952. The molecule has 7 heteroatoms. The van der Waals surface area contributed by atoms with Gasteiger partial charge in [-0.15, -0.1) is 11.3 Å². The number of para-hydroxylation sites is 1. The Hall–Kier alpha value is -3.16. The number of rotatable bonds is 4. The lowest BCUT2D eigenvalue weighted by molar-refractivity contribution is 0.629. The molecule has 0 saturated heterocycles. The zero-order valence-corrected chi connectivity index (χ0v) is 15.9. The van der Waals surface area contributed by atoms with Crippen LogP contribution in [0.1, 0.15) is 22.1 Å². The van der Waals surface area contributed by atoms with E-state index in [0.717, 1.165) is 16.3 Å². The van der Waals surface area contributed by atoms with Gasteiger partial charge in [0.2, 0.25) is 0 Å². The minimum absolute atomic E-state index is 0.216. The predicted octanol–water partition coefficient (Wildman–Crippen LogP) is 3.92. The summed E-state index contributed by atoms with van der Waals surface area (Å²) in [6.45, 7) is 2.19. The molecular weight excluding hydrogens is 375 g/mol. The molecule has 2 N–H and O–H groups in total. The van der Waals surface area contributed by atoms with Gasteiger partial charge in [0.25, 0.3) is 5.56 Å². The first-order chi connectivity index (χ1) is 13.6. The molecule has 2 heterocycles. The quantitative estimate of drug-likeness (QED) is 0.571. The average molecular weight is 392 g/mol. The minimum atomic E-state index is -0.480. The van der Waals surface area contributed by atoms with Gasteiger partial charge in [0.05, 0.1) is 27.3 Å². The first-order valence-electron chi connectivity index (χ1n) is 8.67. The number of aryl methyl sites for hydroxylation is 1. The summed E-state index contributed by atoms with van der Waals surface area (Å²) < 4.78 is 15.2. The van der Waals surface area contributed by atoms with Crippen LogP contribution in [0.5, 0.6) is 0 Å². The zero-order chi connectivity index (χ0) is 19.7. The van der Waals surface area contributed by atoms with Crippen LogP contribution < -0.4 is 11.3 Å². The van der Waals surface area contributed by atoms with E-state index in [9.17, 15) is 9.18 Å². The van der Waals surface area contributed by atoms with Crippen LogP contribution in [0.15, 0.2) is 52.6 Å². The monoisotopic (exact) mass is 392 g/mol. The first-order valence-corrected chi connectivity index (χ1v) is 9.55. The lowest BCUT2D eigenvalue weighted by atomic mass is 10.1. The van der Waals surface area contributed by atoms with Crippen molar-refractivity contribution in [1.82, 2.24) is 14.5 Å². The molecule has 0 saturated carbocycles. The molecule has 140 valence electrons. The number of nitrogens with zero attached hydrogens (tertiary/aromatic N) is 3. The third-order valence-electron chi connectivity index (χ3n) is 4.35. The van der Waals surface area contributed by atoms with Crippen molar-refractivity contribution < 1.29 is 4.39 Å². The van der Waals surface area contributed by atoms with E-state index in [2.05, 4.69) is 9.97 Å². The Morgan fingerprint density at radius 2 is 2.00 bits per heavy atom. The number of nitrogens with two attached hydrogens (primary N) is 1. The predicted molar refractivity (Wildman–Crippen MR) is 111 cm³/mol. The molecule has 0 aliphatic carbocycles.